The van der Waals surface area contributed by atoms with Crippen LogP contribution in [0, 0.1) is 18.6 Å². The van der Waals surface area contributed by atoms with E-state index in [4.69, 9.17) is 9.90 Å². The number of aromatic nitrogens is 3. The molecule has 1 N–H and O–H groups in total. The van der Waals surface area contributed by atoms with Crippen LogP contribution in [-0.2, 0) is 16.1 Å². The first-order chi connectivity index (χ1) is 15.5. The maximum atomic E-state index is 13.9. The molecule has 12 heteroatoms. The fourth-order valence-corrected chi connectivity index (χ4v) is 3.25. The molecule has 1 fully saturated rings. The lowest BCUT2D eigenvalue weighted by atomic mass is 10.0. The molecule has 0 unspecified atom stereocenters. The van der Waals surface area contributed by atoms with E-state index in [1.807, 2.05) is 4.90 Å². The Bertz CT molecular complexity index is 1160. The fourth-order valence-electron chi connectivity index (χ4n) is 3.25. The highest BCUT2D eigenvalue weighted by atomic mass is 19.4. The number of aliphatic carboxylic acids is 1. The number of hydrogen-bond acceptors (Lipinski definition) is 4. The Morgan fingerprint density at radius 2 is 1.61 bits per heavy atom. The van der Waals surface area contributed by atoms with Crippen molar-refractivity contribution in [3.05, 3.63) is 47.8 Å². The van der Waals surface area contributed by atoms with Crippen LogP contribution in [0.1, 0.15) is 18.4 Å². The normalized spacial score (nSPS) is 13.7. The predicted octanol–water partition coefficient (Wildman–Crippen LogP) is 3.94. The number of carboxylic acid groups (broad SMARTS) is 1. The van der Waals surface area contributed by atoms with Gasteiger partial charge in [0, 0.05) is 30.4 Å². The summed E-state index contributed by atoms with van der Waals surface area (Å²) in [7, 11) is 0. The standard InChI is InChI=1S/C19H18F2N4O.C2HF3O2/c1-12-15(20)6-13(7-16(12)21)14-8-18-17(22-9-14)10-23-25(18)11-19(26)24-4-2-3-5-24;3-2(4,5)1(6)7/h6-10H,2-5,11H2,1H3;(H,6,7). The van der Waals surface area contributed by atoms with Crippen LogP contribution in [0.5, 0.6) is 0 Å². The van der Waals surface area contributed by atoms with Crippen LogP contribution in [0.3, 0.4) is 0 Å². The first-order valence-corrected chi connectivity index (χ1v) is 9.83. The number of halogens is 5. The van der Waals surface area contributed by atoms with Crippen molar-refractivity contribution in [1.29, 1.82) is 0 Å². The van der Waals surface area contributed by atoms with E-state index in [0.717, 1.165) is 25.9 Å². The van der Waals surface area contributed by atoms with Crippen LogP contribution in [0.4, 0.5) is 22.0 Å². The Labute approximate surface area is 184 Å². The number of alkyl halides is 3. The third-order valence-electron chi connectivity index (χ3n) is 5.10. The lowest BCUT2D eigenvalue weighted by Crippen LogP contribution is -2.31. The Morgan fingerprint density at radius 1 is 1.03 bits per heavy atom. The highest BCUT2D eigenvalue weighted by molar-refractivity contribution is 5.83. The van der Waals surface area contributed by atoms with Gasteiger partial charge < -0.3 is 10.0 Å². The molecule has 176 valence electrons. The van der Waals surface area contributed by atoms with Crippen molar-refractivity contribution in [1.82, 2.24) is 19.7 Å². The zero-order valence-electron chi connectivity index (χ0n) is 17.4. The molecule has 0 bridgehead atoms. The number of nitrogens with zero attached hydrogens (tertiary/aromatic N) is 4. The van der Waals surface area contributed by atoms with Gasteiger partial charge in [-0.1, -0.05) is 0 Å². The third kappa shape index (κ3) is 5.62. The van der Waals surface area contributed by atoms with E-state index >= 15 is 0 Å². The molecule has 1 aliphatic heterocycles. The number of benzene rings is 1. The number of hydrogen-bond donors (Lipinski definition) is 1. The van der Waals surface area contributed by atoms with Gasteiger partial charge in [-0.05, 0) is 43.5 Å². The number of pyridine rings is 1. The van der Waals surface area contributed by atoms with Crippen molar-refractivity contribution in [3.63, 3.8) is 0 Å². The maximum absolute atomic E-state index is 13.9. The molecule has 0 spiro atoms. The smallest absolute Gasteiger partial charge is 0.475 e. The van der Waals surface area contributed by atoms with Gasteiger partial charge in [0.25, 0.3) is 0 Å². The van der Waals surface area contributed by atoms with Crippen molar-refractivity contribution in [2.45, 2.75) is 32.5 Å². The molecule has 0 atom stereocenters. The average molecular weight is 470 g/mol. The summed E-state index contributed by atoms with van der Waals surface area (Å²) < 4.78 is 61.1. The van der Waals surface area contributed by atoms with Gasteiger partial charge >= 0.3 is 12.1 Å². The van der Waals surface area contributed by atoms with Crippen LogP contribution in [0.25, 0.3) is 22.2 Å². The minimum Gasteiger partial charge on any atom is -0.475 e. The lowest BCUT2D eigenvalue weighted by molar-refractivity contribution is -0.192. The zero-order chi connectivity index (χ0) is 24.3. The van der Waals surface area contributed by atoms with Gasteiger partial charge in [-0.2, -0.15) is 18.3 Å². The van der Waals surface area contributed by atoms with E-state index in [2.05, 4.69) is 10.1 Å². The topological polar surface area (TPSA) is 88.3 Å². The average Bonchev–Trinajstić information content (AvgIpc) is 3.41. The summed E-state index contributed by atoms with van der Waals surface area (Å²) in [6.45, 7) is 3.09. The number of fused-ring (bicyclic) bond motifs is 1. The molecule has 7 nitrogen and oxygen atoms in total. The predicted molar refractivity (Wildman–Crippen MR) is 107 cm³/mol. The Balaban J connectivity index is 0.000000383. The van der Waals surface area contributed by atoms with E-state index in [1.165, 1.54) is 19.1 Å². The summed E-state index contributed by atoms with van der Waals surface area (Å²) >= 11 is 0. The molecule has 3 heterocycles. The number of rotatable bonds is 3. The maximum Gasteiger partial charge on any atom is 0.490 e. The molecule has 1 saturated heterocycles. The molecular weight excluding hydrogens is 451 g/mol. The molecule has 0 aliphatic carbocycles. The summed E-state index contributed by atoms with van der Waals surface area (Å²) in [5, 5.41) is 11.4. The lowest BCUT2D eigenvalue weighted by Gasteiger charge is -2.15. The van der Waals surface area contributed by atoms with Crippen LogP contribution < -0.4 is 0 Å². The SMILES string of the molecule is Cc1c(F)cc(-c2cnc3cnn(CC(=O)N4CCCC4)c3c2)cc1F.O=C(O)C(F)(F)F. The van der Waals surface area contributed by atoms with Gasteiger partial charge in [0.2, 0.25) is 5.91 Å². The van der Waals surface area contributed by atoms with Crippen LogP contribution in [0.15, 0.2) is 30.6 Å². The van der Waals surface area contributed by atoms with Crippen molar-refractivity contribution < 1.29 is 36.6 Å². The largest absolute Gasteiger partial charge is 0.490 e. The highest BCUT2D eigenvalue weighted by Gasteiger charge is 2.38. The first-order valence-electron chi connectivity index (χ1n) is 9.83. The van der Waals surface area contributed by atoms with Gasteiger partial charge in [0.15, 0.2) is 0 Å². The Kier molecular flexibility index (Phi) is 6.94. The molecule has 0 radical (unpaired) electrons. The number of carbonyl (C=O) groups excluding carboxylic acids is 1. The van der Waals surface area contributed by atoms with Crippen molar-refractivity contribution in [3.8, 4) is 11.1 Å². The molecule has 1 amide bonds. The quantitative estimate of drug-likeness (QED) is 0.586. The van der Waals surface area contributed by atoms with Crippen LogP contribution >= 0.6 is 0 Å². The molecular formula is C21H19F5N4O3. The van der Waals surface area contributed by atoms with Crippen molar-refractivity contribution in [2.75, 3.05) is 13.1 Å². The molecule has 0 saturated carbocycles. The van der Waals surface area contributed by atoms with E-state index in [0.29, 0.717) is 22.2 Å². The summed E-state index contributed by atoms with van der Waals surface area (Å²) in [6.07, 6.45) is 0.122. The monoisotopic (exact) mass is 470 g/mol. The first kappa shape index (κ1) is 24.1. The summed E-state index contributed by atoms with van der Waals surface area (Å²) in [5.41, 5.74) is 2.26. The molecule has 2 aromatic heterocycles. The Hall–Kier alpha value is -3.57. The highest BCUT2D eigenvalue weighted by Crippen LogP contribution is 2.26. The second-order valence-corrected chi connectivity index (χ2v) is 7.39. The summed E-state index contributed by atoms with van der Waals surface area (Å²) in [5.74, 6) is -3.94. The summed E-state index contributed by atoms with van der Waals surface area (Å²) in [6, 6.07) is 4.34. The number of amides is 1. The van der Waals surface area contributed by atoms with Gasteiger partial charge in [0.05, 0.1) is 11.7 Å². The van der Waals surface area contributed by atoms with E-state index in [9.17, 15) is 26.7 Å². The Morgan fingerprint density at radius 3 is 2.15 bits per heavy atom. The number of carbonyl (C=O) groups is 2. The number of carboxylic acids is 1. The van der Waals surface area contributed by atoms with Gasteiger partial charge in [-0.15, -0.1) is 0 Å². The van der Waals surface area contributed by atoms with Crippen LogP contribution in [0.2, 0.25) is 0 Å². The number of likely N-dealkylation sites (tertiary alicyclic amines) is 1. The molecule has 4 rings (SSSR count). The third-order valence-corrected chi connectivity index (χ3v) is 5.10. The molecule has 1 aromatic carbocycles. The minimum atomic E-state index is -5.08. The van der Waals surface area contributed by atoms with Crippen molar-refractivity contribution in [2.24, 2.45) is 0 Å². The molecule has 3 aromatic rings. The van der Waals surface area contributed by atoms with Gasteiger partial charge in [-0.25, -0.2) is 13.6 Å². The minimum absolute atomic E-state index is 0.0101. The van der Waals surface area contributed by atoms with E-state index in [-0.39, 0.29) is 18.0 Å². The van der Waals surface area contributed by atoms with E-state index in [1.54, 1.807) is 23.1 Å². The second-order valence-electron chi connectivity index (χ2n) is 7.39. The van der Waals surface area contributed by atoms with Crippen molar-refractivity contribution >= 4 is 22.9 Å². The molecule has 33 heavy (non-hydrogen) atoms. The van der Waals surface area contributed by atoms with Gasteiger partial charge in [0.1, 0.15) is 23.7 Å². The second kappa shape index (κ2) is 9.51. The fraction of sp³-hybridized carbons (Fsp3) is 0.333. The summed E-state index contributed by atoms with van der Waals surface area (Å²) in [4.78, 5) is 27.4. The molecule has 1 aliphatic rings. The zero-order valence-corrected chi connectivity index (χ0v) is 17.4. The van der Waals surface area contributed by atoms with Crippen LogP contribution in [-0.4, -0.2) is 55.9 Å². The van der Waals surface area contributed by atoms with Gasteiger partial charge in [-0.3, -0.25) is 14.5 Å². The van der Waals surface area contributed by atoms with E-state index < -0.39 is 23.8 Å².